The van der Waals surface area contributed by atoms with E-state index in [0.717, 1.165) is 29.5 Å². The number of piperidine rings is 1. The minimum Gasteiger partial charge on any atom is -0.314 e. The lowest BCUT2D eigenvalue weighted by Gasteiger charge is -2.40. The third kappa shape index (κ3) is 3.80. The van der Waals surface area contributed by atoms with Crippen LogP contribution >= 0.6 is 15.9 Å². The average Bonchev–Trinajstić information content (AvgIpc) is 2.39. The second kappa shape index (κ2) is 7.01. The van der Waals surface area contributed by atoms with Gasteiger partial charge in [0.2, 0.25) is 0 Å². The number of nitrogens with zero attached hydrogens (tertiary/aromatic N) is 1. The highest BCUT2D eigenvalue weighted by Gasteiger charge is 2.32. The molecule has 1 N–H and O–H groups in total. The Hall–Kier alpha value is -0.450. The molecule has 1 aliphatic rings. The van der Waals surface area contributed by atoms with Crippen molar-refractivity contribution in [1.29, 1.82) is 0 Å². The van der Waals surface area contributed by atoms with Crippen LogP contribution in [0.15, 0.2) is 22.7 Å². The number of likely N-dealkylation sites (tertiary alicyclic amines) is 1. The Bertz CT molecular complexity index is 450. The fourth-order valence-electron chi connectivity index (χ4n) is 3.09. The van der Waals surface area contributed by atoms with Crippen LogP contribution in [-0.4, -0.2) is 31.1 Å². The molecule has 20 heavy (non-hydrogen) atoms. The fourth-order valence-corrected chi connectivity index (χ4v) is 3.47. The van der Waals surface area contributed by atoms with Crippen molar-refractivity contribution in [3.8, 4) is 0 Å². The summed E-state index contributed by atoms with van der Waals surface area (Å²) in [7, 11) is 2.10. The average molecular weight is 343 g/mol. The maximum atomic E-state index is 14.2. The van der Waals surface area contributed by atoms with Gasteiger partial charge < -0.3 is 5.32 Å². The summed E-state index contributed by atoms with van der Waals surface area (Å²) in [6.45, 7) is 6.29. The Kier molecular flexibility index (Phi) is 5.58. The molecule has 0 bridgehead atoms. The minimum absolute atomic E-state index is 0.0958. The van der Waals surface area contributed by atoms with Crippen LogP contribution in [0, 0.1) is 11.7 Å². The van der Waals surface area contributed by atoms with Gasteiger partial charge in [-0.1, -0.05) is 29.8 Å². The largest absolute Gasteiger partial charge is 0.314 e. The standard InChI is InChI=1S/C16H24BrFN2/c1-11(2)19-10-12-5-4-8-20(3)16(12)14-9-13(17)6-7-15(14)18/h6-7,9,11-12,16,19H,4-5,8,10H2,1-3H3. The van der Waals surface area contributed by atoms with Gasteiger partial charge in [-0.2, -0.15) is 0 Å². The molecule has 4 heteroatoms. The SMILES string of the molecule is CC(C)NCC1CCCN(C)C1c1cc(Br)ccc1F. The third-order valence-electron chi connectivity index (χ3n) is 4.07. The Morgan fingerprint density at radius 3 is 2.90 bits per heavy atom. The molecule has 1 aromatic carbocycles. The summed E-state index contributed by atoms with van der Waals surface area (Å²) in [5.41, 5.74) is 0.817. The first-order chi connectivity index (χ1) is 9.49. The molecule has 0 aromatic heterocycles. The quantitative estimate of drug-likeness (QED) is 0.890. The normalized spacial score (nSPS) is 24.3. The van der Waals surface area contributed by atoms with E-state index in [1.807, 2.05) is 6.07 Å². The number of hydrogen-bond acceptors (Lipinski definition) is 2. The predicted octanol–water partition coefficient (Wildman–Crippen LogP) is 3.97. The van der Waals surface area contributed by atoms with Gasteiger partial charge in [0.05, 0.1) is 0 Å². The van der Waals surface area contributed by atoms with Crippen molar-refractivity contribution in [3.63, 3.8) is 0 Å². The zero-order valence-corrected chi connectivity index (χ0v) is 14.1. The van der Waals surface area contributed by atoms with Crippen LogP contribution in [0.2, 0.25) is 0 Å². The Morgan fingerprint density at radius 2 is 2.20 bits per heavy atom. The monoisotopic (exact) mass is 342 g/mol. The highest BCUT2D eigenvalue weighted by molar-refractivity contribution is 9.10. The molecule has 2 unspecified atom stereocenters. The summed E-state index contributed by atoms with van der Waals surface area (Å²) in [6.07, 6.45) is 2.34. The highest BCUT2D eigenvalue weighted by atomic mass is 79.9. The number of benzene rings is 1. The first-order valence-corrected chi connectivity index (χ1v) is 8.17. The summed E-state index contributed by atoms with van der Waals surface area (Å²) in [4.78, 5) is 2.29. The van der Waals surface area contributed by atoms with E-state index in [4.69, 9.17) is 0 Å². The Labute approximate surface area is 129 Å². The van der Waals surface area contributed by atoms with E-state index in [1.165, 1.54) is 6.42 Å². The maximum Gasteiger partial charge on any atom is 0.128 e. The lowest BCUT2D eigenvalue weighted by atomic mass is 9.84. The summed E-state index contributed by atoms with van der Waals surface area (Å²) in [6, 6.07) is 5.89. The van der Waals surface area contributed by atoms with E-state index < -0.39 is 0 Å². The zero-order valence-electron chi connectivity index (χ0n) is 12.5. The molecule has 0 saturated carbocycles. The van der Waals surface area contributed by atoms with Gasteiger partial charge in [-0.25, -0.2) is 4.39 Å². The molecule has 0 amide bonds. The summed E-state index contributed by atoms with van der Waals surface area (Å²) < 4.78 is 15.2. The molecule has 1 heterocycles. The van der Waals surface area contributed by atoms with E-state index in [0.29, 0.717) is 12.0 Å². The van der Waals surface area contributed by atoms with Crippen molar-refractivity contribution in [3.05, 3.63) is 34.1 Å². The number of rotatable bonds is 4. The molecule has 112 valence electrons. The molecule has 1 aromatic rings. The second-order valence-corrected chi connectivity index (χ2v) is 6.97. The lowest BCUT2D eigenvalue weighted by molar-refractivity contribution is 0.115. The van der Waals surface area contributed by atoms with Crippen LogP contribution in [0.5, 0.6) is 0 Å². The van der Waals surface area contributed by atoms with Crippen molar-refractivity contribution < 1.29 is 4.39 Å². The van der Waals surface area contributed by atoms with Gasteiger partial charge in [0.15, 0.2) is 0 Å². The lowest BCUT2D eigenvalue weighted by Crippen LogP contribution is -2.42. The highest BCUT2D eigenvalue weighted by Crippen LogP contribution is 2.36. The molecule has 1 saturated heterocycles. The molecule has 0 spiro atoms. The number of nitrogens with one attached hydrogen (secondary N) is 1. The predicted molar refractivity (Wildman–Crippen MR) is 85.3 cm³/mol. The first-order valence-electron chi connectivity index (χ1n) is 7.37. The van der Waals surface area contributed by atoms with E-state index in [2.05, 4.69) is 47.0 Å². The summed E-state index contributed by atoms with van der Waals surface area (Å²) in [5, 5.41) is 3.51. The van der Waals surface area contributed by atoms with Crippen LogP contribution in [0.1, 0.15) is 38.3 Å². The van der Waals surface area contributed by atoms with Gasteiger partial charge in [-0.15, -0.1) is 0 Å². The second-order valence-electron chi connectivity index (χ2n) is 6.06. The number of hydrogen-bond donors (Lipinski definition) is 1. The van der Waals surface area contributed by atoms with Crippen molar-refractivity contribution in [2.45, 2.75) is 38.8 Å². The summed E-state index contributed by atoms with van der Waals surface area (Å²) >= 11 is 3.46. The number of halogens is 2. The minimum atomic E-state index is -0.0958. The van der Waals surface area contributed by atoms with Crippen LogP contribution in [-0.2, 0) is 0 Å². The molecule has 0 radical (unpaired) electrons. The van der Waals surface area contributed by atoms with Crippen LogP contribution in [0.25, 0.3) is 0 Å². The van der Waals surface area contributed by atoms with Gasteiger partial charge in [0.1, 0.15) is 5.82 Å². The van der Waals surface area contributed by atoms with Crippen molar-refractivity contribution in [2.24, 2.45) is 5.92 Å². The van der Waals surface area contributed by atoms with Gasteiger partial charge in [0.25, 0.3) is 0 Å². The van der Waals surface area contributed by atoms with E-state index in [9.17, 15) is 4.39 Å². The first kappa shape index (κ1) is 15.9. The molecule has 0 aliphatic carbocycles. The molecule has 1 aliphatic heterocycles. The van der Waals surface area contributed by atoms with E-state index in [1.54, 1.807) is 12.1 Å². The zero-order chi connectivity index (χ0) is 14.7. The topological polar surface area (TPSA) is 15.3 Å². The molecule has 2 nitrogen and oxygen atoms in total. The molecule has 1 fully saturated rings. The summed E-state index contributed by atoms with van der Waals surface area (Å²) in [5.74, 6) is 0.362. The van der Waals surface area contributed by atoms with Crippen LogP contribution in [0.4, 0.5) is 4.39 Å². The van der Waals surface area contributed by atoms with Gasteiger partial charge in [-0.3, -0.25) is 4.90 Å². The van der Waals surface area contributed by atoms with Gasteiger partial charge >= 0.3 is 0 Å². The Morgan fingerprint density at radius 1 is 1.45 bits per heavy atom. The van der Waals surface area contributed by atoms with Crippen LogP contribution < -0.4 is 5.32 Å². The Balaban J connectivity index is 2.24. The maximum absolute atomic E-state index is 14.2. The van der Waals surface area contributed by atoms with Crippen molar-refractivity contribution >= 4 is 15.9 Å². The fraction of sp³-hybridized carbons (Fsp3) is 0.625. The van der Waals surface area contributed by atoms with Crippen LogP contribution in [0.3, 0.4) is 0 Å². The molecule has 2 atom stereocenters. The van der Waals surface area contributed by atoms with E-state index >= 15 is 0 Å². The third-order valence-corrected chi connectivity index (χ3v) is 4.57. The van der Waals surface area contributed by atoms with E-state index in [-0.39, 0.29) is 11.9 Å². The van der Waals surface area contributed by atoms with Gasteiger partial charge in [0, 0.05) is 28.7 Å². The molecule has 2 rings (SSSR count). The van der Waals surface area contributed by atoms with Crippen molar-refractivity contribution in [1.82, 2.24) is 10.2 Å². The smallest absolute Gasteiger partial charge is 0.128 e. The van der Waals surface area contributed by atoms with Gasteiger partial charge in [-0.05, 0) is 50.6 Å². The molecular formula is C16H24BrFN2. The van der Waals surface area contributed by atoms with Crippen molar-refractivity contribution in [2.75, 3.05) is 20.1 Å². The molecular weight excluding hydrogens is 319 g/mol.